The van der Waals surface area contributed by atoms with E-state index in [-0.39, 0.29) is 23.3 Å². The molecule has 1 atom stereocenters. The van der Waals surface area contributed by atoms with Crippen LogP contribution in [0.5, 0.6) is 0 Å². The number of carboxylic acids is 1. The molecule has 0 aliphatic carbocycles. The number of nitrogens with one attached hydrogen (secondary N) is 1. The number of rotatable bonds is 7. The Labute approximate surface area is 124 Å². The zero-order chi connectivity index (χ0) is 15.1. The number of aliphatic carboxylic acids is 1. The molecule has 4 nitrogen and oxygen atoms in total. The topological polar surface area (TPSA) is 66.4 Å². The summed E-state index contributed by atoms with van der Waals surface area (Å²) < 4.78 is 0. The van der Waals surface area contributed by atoms with Gasteiger partial charge in [-0.25, -0.2) is 0 Å². The van der Waals surface area contributed by atoms with Crippen LogP contribution in [0.2, 0.25) is 0 Å². The minimum Gasteiger partial charge on any atom is -0.481 e. The third-order valence-corrected chi connectivity index (χ3v) is 3.98. The Morgan fingerprint density at radius 2 is 1.90 bits per heavy atom. The highest BCUT2D eigenvalue weighted by molar-refractivity contribution is 8.00. The normalized spacial score (nSPS) is 12.2. The molecule has 0 saturated carbocycles. The van der Waals surface area contributed by atoms with Gasteiger partial charge in [-0.15, -0.1) is 11.8 Å². The number of hydrogen-bond acceptors (Lipinski definition) is 3. The van der Waals surface area contributed by atoms with Gasteiger partial charge in [-0.2, -0.15) is 0 Å². The van der Waals surface area contributed by atoms with E-state index in [1.54, 1.807) is 0 Å². The Kier molecular flexibility index (Phi) is 6.58. The van der Waals surface area contributed by atoms with Crippen LogP contribution in [0.1, 0.15) is 38.7 Å². The molecule has 110 valence electrons. The maximum absolute atomic E-state index is 11.9. The Balaban J connectivity index is 2.53. The molecule has 1 aromatic carbocycles. The molecule has 0 aliphatic rings. The van der Waals surface area contributed by atoms with Crippen LogP contribution in [0.4, 0.5) is 5.69 Å². The van der Waals surface area contributed by atoms with Gasteiger partial charge in [0.1, 0.15) is 0 Å². The van der Waals surface area contributed by atoms with Crippen LogP contribution in [-0.4, -0.2) is 28.0 Å². The molecule has 0 aromatic heterocycles. The highest BCUT2D eigenvalue weighted by Crippen LogP contribution is 2.24. The number of benzene rings is 1. The smallest absolute Gasteiger partial charge is 0.304 e. The summed E-state index contributed by atoms with van der Waals surface area (Å²) >= 11 is 1.35. The second kappa shape index (κ2) is 7.94. The molecule has 0 heterocycles. The molecule has 0 aliphatic heterocycles. The number of thioether (sulfide) groups is 1. The summed E-state index contributed by atoms with van der Waals surface area (Å²) in [4.78, 5) is 22.4. The molecule has 2 N–H and O–H groups in total. The van der Waals surface area contributed by atoms with E-state index in [0.717, 1.165) is 11.3 Å². The summed E-state index contributed by atoms with van der Waals surface area (Å²) in [6.45, 7) is 5.97. The molecule has 5 heteroatoms. The van der Waals surface area contributed by atoms with Crippen molar-refractivity contribution in [1.29, 1.82) is 0 Å². The Morgan fingerprint density at radius 3 is 2.50 bits per heavy atom. The zero-order valence-electron chi connectivity index (χ0n) is 12.1. The first-order valence-electron chi connectivity index (χ1n) is 6.62. The van der Waals surface area contributed by atoms with Crippen molar-refractivity contribution in [3.63, 3.8) is 0 Å². The predicted molar refractivity (Wildman–Crippen MR) is 83.3 cm³/mol. The van der Waals surface area contributed by atoms with Crippen LogP contribution >= 0.6 is 11.8 Å². The van der Waals surface area contributed by atoms with E-state index in [4.69, 9.17) is 5.11 Å². The second-order valence-corrected chi connectivity index (χ2v) is 6.44. The van der Waals surface area contributed by atoms with E-state index >= 15 is 0 Å². The fourth-order valence-corrected chi connectivity index (χ4v) is 2.59. The van der Waals surface area contributed by atoms with Crippen LogP contribution in [0, 0.1) is 0 Å². The fourth-order valence-electron chi connectivity index (χ4n) is 1.82. The van der Waals surface area contributed by atoms with E-state index in [2.05, 4.69) is 19.2 Å². The predicted octanol–water partition coefficient (Wildman–Crippen LogP) is 3.34. The molecule has 1 rings (SSSR count). The summed E-state index contributed by atoms with van der Waals surface area (Å²) in [7, 11) is 0. The lowest BCUT2D eigenvalue weighted by molar-refractivity contribution is -0.136. The van der Waals surface area contributed by atoms with Gasteiger partial charge in [0.15, 0.2) is 0 Å². The molecule has 0 spiro atoms. The van der Waals surface area contributed by atoms with E-state index in [0.29, 0.717) is 5.92 Å². The molecule has 1 aromatic rings. The average Bonchev–Trinajstić information content (AvgIpc) is 2.36. The summed E-state index contributed by atoms with van der Waals surface area (Å²) in [5.41, 5.74) is 1.93. The first-order chi connectivity index (χ1) is 9.40. The minimum atomic E-state index is -0.837. The first kappa shape index (κ1) is 16.6. The molecule has 0 radical (unpaired) electrons. The standard InChI is InChI=1S/C15H21NO3S/c1-10(2)12-6-4-5-7-13(12)16-14(17)9-20-11(3)8-15(18)19/h4-7,10-11H,8-9H2,1-3H3,(H,16,17)(H,18,19). The van der Waals surface area contributed by atoms with Crippen LogP contribution in [-0.2, 0) is 9.59 Å². The summed E-state index contributed by atoms with van der Waals surface area (Å²) in [5, 5.41) is 11.5. The number of carboxylic acid groups (broad SMARTS) is 1. The van der Waals surface area contributed by atoms with Crippen LogP contribution in [0.25, 0.3) is 0 Å². The lowest BCUT2D eigenvalue weighted by Crippen LogP contribution is -2.18. The number of hydrogen-bond donors (Lipinski definition) is 2. The summed E-state index contributed by atoms with van der Waals surface area (Å²) in [6, 6.07) is 7.73. The SMILES string of the molecule is CC(CC(=O)O)SCC(=O)Nc1ccccc1C(C)C. The molecule has 0 saturated heterocycles. The average molecular weight is 295 g/mol. The van der Waals surface area contributed by atoms with Crippen LogP contribution < -0.4 is 5.32 Å². The van der Waals surface area contributed by atoms with Crippen molar-refractivity contribution in [2.24, 2.45) is 0 Å². The van der Waals surface area contributed by atoms with Crippen molar-refractivity contribution >= 4 is 29.3 Å². The van der Waals surface area contributed by atoms with Gasteiger partial charge in [0.2, 0.25) is 5.91 Å². The fraction of sp³-hybridized carbons (Fsp3) is 0.467. The minimum absolute atomic E-state index is 0.0700. The molecule has 1 amide bonds. The van der Waals surface area contributed by atoms with Crippen molar-refractivity contribution in [1.82, 2.24) is 0 Å². The van der Waals surface area contributed by atoms with Crippen molar-refractivity contribution in [2.45, 2.75) is 38.4 Å². The van der Waals surface area contributed by atoms with Crippen LogP contribution in [0.3, 0.4) is 0 Å². The van der Waals surface area contributed by atoms with Gasteiger partial charge < -0.3 is 10.4 Å². The van der Waals surface area contributed by atoms with Crippen LogP contribution in [0.15, 0.2) is 24.3 Å². The maximum Gasteiger partial charge on any atom is 0.304 e. The summed E-state index contributed by atoms with van der Waals surface area (Å²) in [5.74, 6) is -0.332. The van der Waals surface area contributed by atoms with Gasteiger partial charge in [0, 0.05) is 10.9 Å². The van der Waals surface area contributed by atoms with Crippen molar-refractivity contribution < 1.29 is 14.7 Å². The number of anilines is 1. The zero-order valence-corrected chi connectivity index (χ0v) is 12.9. The Bertz CT molecular complexity index is 474. The van der Waals surface area contributed by atoms with E-state index in [9.17, 15) is 9.59 Å². The third kappa shape index (κ3) is 5.65. The molecule has 1 unspecified atom stereocenters. The van der Waals surface area contributed by atoms with E-state index in [1.807, 2.05) is 31.2 Å². The highest BCUT2D eigenvalue weighted by atomic mass is 32.2. The van der Waals surface area contributed by atoms with Gasteiger partial charge >= 0.3 is 5.97 Å². The highest BCUT2D eigenvalue weighted by Gasteiger charge is 2.12. The van der Waals surface area contributed by atoms with E-state index < -0.39 is 5.97 Å². The summed E-state index contributed by atoms with van der Waals surface area (Å²) in [6.07, 6.45) is 0.0700. The number of para-hydroxylation sites is 1. The quantitative estimate of drug-likeness (QED) is 0.809. The van der Waals surface area contributed by atoms with Crippen molar-refractivity contribution in [3.8, 4) is 0 Å². The van der Waals surface area contributed by atoms with E-state index in [1.165, 1.54) is 11.8 Å². The Morgan fingerprint density at radius 1 is 1.25 bits per heavy atom. The molecular weight excluding hydrogens is 274 g/mol. The first-order valence-corrected chi connectivity index (χ1v) is 7.67. The molecule has 0 bridgehead atoms. The van der Waals surface area contributed by atoms with Crippen molar-refractivity contribution in [3.05, 3.63) is 29.8 Å². The second-order valence-electron chi connectivity index (χ2n) is 5.01. The number of carbonyl (C=O) groups is 2. The Hall–Kier alpha value is -1.49. The van der Waals surface area contributed by atoms with Gasteiger partial charge in [-0.05, 0) is 17.5 Å². The lowest BCUT2D eigenvalue weighted by atomic mass is 10.0. The number of amides is 1. The largest absolute Gasteiger partial charge is 0.481 e. The van der Waals surface area contributed by atoms with Gasteiger partial charge in [0.25, 0.3) is 0 Å². The van der Waals surface area contributed by atoms with Gasteiger partial charge in [-0.1, -0.05) is 39.0 Å². The van der Waals surface area contributed by atoms with Crippen molar-refractivity contribution in [2.75, 3.05) is 11.1 Å². The molecule has 20 heavy (non-hydrogen) atoms. The third-order valence-electron chi connectivity index (χ3n) is 2.82. The monoisotopic (exact) mass is 295 g/mol. The molecule has 0 fully saturated rings. The molecular formula is C15H21NO3S. The number of carbonyl (C=O) groups excluding carboxylic acids is 1. The lowest BCUT2D eigenvalue weighted by Gasteiger charge is -2.14. The van der Waals surface area contributed by atoms with Gasteiger partial charge in [-0.3, -0.25) is 9.59 Å². The van der Waals surface area contributed by atoms with Gasteiger partial charge in [0.05, 0.1) is 12.2 Å². The maximum atomic E-state index is 11.9.